The van der Waals surface area contributed by atoms with Gasteiger partial charge in [-0.3, -0.25) is 4.79 Å². The van der Waals surface area contributed by atoms with Crippen LogP contribution in [0.4, 0.5) is 0 Å². The van der Waals surface area contributed by atoms with Crippen LogP contribution < -0.4 is 14.9 Å². The van der Waals surface area contributed by atoms with Gasteiger partial charge in [0, 0.05) is 11.5 Å². The van der Waals surface area contributed by atoms with Crippen LogP contribution in [0.3, 0.4) is 0 Å². The average molecular weight is 467 g/mol. The predicted octanol–water partition coefficient (Wildman–Crippen LogP) is 4.47. The molecule has 1 aliphatic rings. The fourth-order valence-electron chi connectivity index (χ4n) is 2.39. The molecule has 1 amide bonds. The zero-order valence-corrected chi connectivity index (χ0v) is 17.9. The smallest absolute Gasteiger partial charge is 0.277 e. The molecule has 5 nitrogen and oxygen atoms in total. The molecule has 0 aliphatic carbocycles. The highest BCUT2D eigenvalue weighted by Crippen LogP contribution is 2.45. The number of hydrazone groups is 1. The summed E-state index contributed by atoms with van der Waals surface area (Å²) in [4.78, 5) is 11.9. The second kappa shape index (κ2) is 10.1. The van der Waals surface area contributed by atoms with Crippen LogP contribution in [0.1, 0.15) is 15.7 Å². The monoisotopic (exact) mass is 466 g/mol. The van der Waals surface area contributed by atoms with E-state index in [0.717, 1.165) is 15.8 Å². The lowest BCUT2D eigenvalue weighted by atomic mass is 10.2. The molecule has 0 spiro atoms. The van der Waals surface area contributed by atoms with Crippen molar-refractivity contribution in [1.82, 2.24) is 5.43 Å². The van der Waals surface area contributed by atoms with Crippen molar-refractivity contribution in [1.29, 1.82) is 0 Å². The van der Waals surface area contributed by atoms with Crippen molar-refractivity contribution in [2.45, 2.75) is 4.58 Å². The summed E-state index contributed by atoms with van der Waals surface area (Å²) >= 11 is 7.33. The summed E-state index contributed by atoms with van der Waals surface area (Å²) in [7, 11) is 1.61. The number of thioether (sulfide) groups is 2. The lowest BCUT2D eigenvalue weighted by Gasteiger charge is -2.10. The molecule has 2 aromatic carbocycles. The second-order valence-electron chi connectivity index (χ2n) is 5.62. The van der Waals surface area contributed by atoms with Gasteiger partial charge in [-0.15, -0.1) is 23.5 Å². The van der Waals surface area contributed by atoms with Gasteiger partial charge in [0.05, 0.1) is 22.4 Å². The first-order valence-electron chi connectivity index (χ1n) is 8.27. The summed E-state index contributed by atoms with van der Waals surface area (Å²) in [6.07, 6.45) is 1.56. The Morgan fingerprint density at radius 3 is 2.67 bits per heavy atom. The molecule has 0 radical (unpaired) electrons. The normalized spacial score (nSPS) is 14.4. The largest absolute Gasteiger partial charge is 0.496 e. The van der Waals surface area contributed by atoms with Gasteiger partial charge in [-0.2, -0.15) is 5.10 Å². The van der Waals surface area contributed by atoms with Crippen LogP contribution in [0.2, 0.25) is 0 Å². The Bertz CT molecular complexity index is 809. The van der Waals surface area contributed by atoms with E-state index in [0.29, 0.717) is 10.3 Å². The van der Waals surface area contributed by atoms with E-state index in [9.17, 15) is 4.79 Å². The molecule has 1 fully saturated rings. The number of nitrogens with zero attached hydrogens (tertiary/aromatic N) is 1. The van der Waals surface area contributed by atoms with Crippen LogP contribution in [-0.4, -0.2) is 37.3 Å². The molecule has 8 heteroatoms. The molecule has 2 aromatic rings. The summed E-state index contributed by atoms with van der Waals surface area (Å²) < 4.78 is 12.0. The minimum absolute atomic E-state index is 0.0874. The van der Waals surface area contributed by atoms with Crippen molar-refractivity contribution >= 4 is 51.6 Å². The van der Waals surface area contributed by atoms with Crippen LogP contribution in [0, 0.1) is 0 Å². The first kappa shape index (κ1) is 20.1. The SMILES string of the molecule is COc1ccc(/C=N\NC(=O)COc2ccc(C3SCCS3)cc2)cc1Br. The molecule has 3 rings (SSSR count). The number of nitrogens with one attached hydrogen (secondary N) is 1. The van der Waals surface area contributed by atoms with Gasteiger partial charge in [0.25, 0.3) is 5.91 Å². The Balaban J connectivity index is 1.44. The summed E-state index contributed by atoms with van der Waals surface area (Å²) in [5, 5.41) is 3.95. The van der Waals surface area contributed by atoms with Crippen molar-refractivity contribution in [2.75, 3.05) is 25.2 Å². The molecule has 1 aliphatic heterocycles. The molecule has 27 heavy (non-hydrogen) atoms. The summed E-state index contributed by atoms with van der Waals surface area (Å²) in [6.45, 7) is -0.0874. The molecule has 0 aromatic heterocycles. The minimum atomic E-state index is -0.315. The number of halogens is 1. The molecule has 1 heterocycles. The van der Waals surface area contributed by atoms with E-state index in [1.165, 1.54) is 17.1 Å². The number of benzene rings is 2. The van der Waals surface area contributed by atoms with Gasteiger partial charge >= 0.3 is 0 Å². The lowest BCUT2D eigenvalue weighted by molar-refractivity contribution is -0.123. The van der Waals surface area contributed by atoms with Gasteiger partial charge in [0.1, 0.15) is 11.5 Å². The molecule has 1 saturated heterocycles. The maximum atomic E-state index is 11.9. The van der Waals surface area contributed by atoms with Crippen molar-refractivity contribution in [3.63, 3.8) is 0 Å². The molecule has 1 N–H and O–H groups in total. The van der Waals surface area contributed by atoms with E-state index in [1.807, 2.05) is 53.9 Å². The van der Waals surface area contributed by atoms with Gasteiger partial charge < -0.3 is 9.47 Å². The topological polar surface area (TPSA) is 59.9 Å². The lowest BCUT2D eigenvalue weighted by Crippen LogP contribution is -2.24. The maximum Gasteiger partial charge on any atom is 0.277 e. The predicted molar refractivity (Wildman–Crippen MR) is 116 cm³/mol. The van der Waals surface area contributed by atoms with Gasteiger partial charge in [0.2, 0.25) is 0 Å². The number of amides is 1. The quantitative estimate of drug-likeness (QED) is 0.481. The third-order valence-corrected chi connectivity index (χ3v) is 7.45. The fourth-order valence-corrected chi connectivity index (χ4v) is 5.81. The summed E-state index contributed by atoms with van der Waals surface area (Å²) in [5.41, 5.74) is 4.58. The molecule has 0 unspecified atom stereocenters. The number of rotatable bonds is 7. The summed E-state index contributed by atoms with van der Waals surface area (Å²) in [6, 6.07) is 13.4. The number of hydrogen-bond acceptors (Lipinski definition) is 6. The van der Waals surface area contributed by atoms with Crippen LogP contribution >= 0.6 is 39.5 Å². The Morgan fingerprint density at radius 2 is 2.00 bits per heavy atom. The highest BCUT2D eigenvalue weighted by Gasteiger charge is 2.17. The highest BCUT2D eigenvalue weighted by molar-refractivity contribution is 9.10. The molecule has 0 saturated carbocycles. The Labute approximate surface area is 175 Å². The Hall–Kier alpha value is -1.64. The fraction of sp³-hybridized carbons (Fsp3) is 0.263. The summed E-state index contributed by atoms with van der Waals surface area (Å²) in [5.74, 6) is 3.49. The van der Waals surface area contributed by atoms with E-state index < -0.39 is 0 Å². The van der Waals surface area contributed by atoms with E-state index in [4.69, 9.17) is 9.47 Å². The third-order valence-electron chi connectivity index (χ3n) is 3.72. The average Bonchev–Trinajstić information content (AvgIpc) is 3.22. The number of methoxy groups -OCH3 is 1. The zero-order valence-electron chi connectivity index (χ0n) is 14.7. The number of carbonyl (C=O) groups excluding carboxylic acids is 1. The van der Waals surface area contributed by atoms with Gasteiger partial charge in [-0.05, 0) is 57.4 Å². The minimum Gasteiger partial charge on any atom is -0.496 e. The maximum absolute atomic E-state index is 11.9. The van der Waals surface area contributed by atoms with E-state index in [-0.39, 0.29) is 12.5 Å². The van der Waals surface area contributed by atoms with E-state index in [2.05, 4.69) is 38.6 Å². The Morgan fingerprint density at radius 1 is 1.26 bits per heavy atom. The molecule has 142 valence electrons. The van der Waals surface area contributed by atoms with E-state index >= 15 is 0 Å². The number of ether oxygens (including phenoxy) is 2. The van der Waals surface area contributed by atoms with E-state index in [1.54, 1.807) is 13.3 Å². The molecular weight excluding hydrogens is 448 g/mol. The molecule has 0 bridgehead atoms. The van der Waals surface area contributed by atoms with Crippen molar-refractivity contribution in [3.05, 3.63) is 58.1 Å². The van der Waals surface area contributed by atoms with Crippen LogP contribution in [-0.2, 0) is 4.79 Å². The first-order valence-corrected chi connectivity index (χ1v) is 11.2. The second-order valence-corrected chi connectivity index (χ2v) is 9.20. The molecular formula is C19H19BrN2O3S2. The first-order chi connectivity index (χ1) is 13.2. The van der Waals surface area contributed by atoms with Gasteiger partial charge in [-0.25, -0.2) is 5.43 Å². The third kappa shape index (κ3) is 5.92. The van der Waals surface area contributed by atoms with Crippen molar-refractivity contribution in [2.24, 2.45) is 5.10 Å². The highest BCUT2D eigenvalue weighted by atomic mass is 79.9. The van der Waals surface area contributed by atoms with Crippen LogP contribution in [0.5, 0.6) is 11.5 Å². The van der Waals surface area contributed by atoms with Crippen molar-refractivity contribution in [3.8, 4) is 11.5 Å². The van der Waals surface area contributed by atoms with Crippen LogP contribution in [0.25, 0.3) is 0 Å². The van der Waals surface area contributed by atoms with Gasteiger partial charge in [-0.1, -0.05) is 12.1 Å². The Kier molecular flexibility index (Phi) is 7.49. The van der Waals surface area contributed by atoms with Crippen LogP contribution in [0.15, 0.2) is 52.0 Å². The number of carbonyl (C=O) groups is 1. The van der Waals surface area contributed by atoms with Crippen molar-refractivity contribution < 1.29 is 14.3 Å². The zero-order chi connectivity index (χ0) is 19.1. The standard InChI is InChI=1S/C19H19BrN2O3S2/c1-24-17-7-2-13(10-16(17)20)11-21-22-18(23)12-25-15-5-3-14(4-6-15)19-26-8-9-27-19/h2-7,10-11,19H,8-9,12H2,1H3,(H,22,23)/b21-11-. The number of hydrogen-bond donors (Lipinski definition) is 1. The molecule has 0 atom stereocenters. The van der Waals surface area contributed by atoms with Gasteiger partial charge in [0.15, 0.2) is 6.61 Å².